The number of carbonyl (C=O) groups excluding carboxylic acids is 1. The van der Waals surface area contributed by atoms with Crippen molar-refractivity contribution in [1.82, 2.24) is 5.32 Å². The molecule has 0 radical (unpaired) electrons. The minimum atomic E-state index is -3.11. The predicted octanol–water partition coefficient (Wildman–Crippen LogP) is -0.404. The number of carboxylic acid groups (broad SMARTS) is 1. The minimum Gasteiger partial charge on any atom is -0.480 e. The zero-order valence-electron chi connectivity index (χ0n) is 8.76. The summed E-state index contributed by atoms with van der Waals surface area (Å²) in [5, 5.41) is 10.0. The van der Waals surface area contributed by atoms with E-state index >= 15 is 0 Å². The van der Waals surface area contributed by atoms with Crippen molar-refractivity contribution >= 4 is 11.9 Å². The highest BCUT2D eigenvalue weighted by molar-refractivity contribution is 5.81. The Morgan fingerprint density at radius 1 is 1.89 bits per heavy atom. The van der Waals surface area contributed by atoms with Gasteiger partial charge in [0, 0.05) is 11.0 Å². The normalized spacial score (nSPS) is 23.7. The Labute approximate surface area is 58.5 Å². The number of nitrogens with one attached hydrogen (secondary N) is 1. The minimum absolute atomic E-state index is 0.881. The molecular weight excluding hydrogens is 122 g/mol. The Hall–Kier alpha value is -1.06. The maximum Gasteiger partial charge on any atom is 0.325 e. The van der Waals surface area contributed by atoms with Gasteiger partial charge in [0.2, 0.25) is 5.91 Å². The first-order valence-corrected chi connectivity index (χ1v) is 2.13. The molecule has 0 heterocycles. The van der Waals surface area contributed by atoms with Gasteiger partial charge in [-0.15, -0.1) is 0 Å². The van der Waals surface area contributed by atoms with E-state index in [2.05, 4.69) is 0 Å². The van der Waals surface area contributed by atoms with Gasteiger partial charge in [-0.1, -0.05) is 0 Å². The van der Waals surface area contributed by atoms with Crippen LogP contribution in [0.1, 0.15) is 19.3 Å². The van der Waals surface area contributed by atoms with Gasteiger partial charge in [0.15, 0.2) is 0 Å². The van der Waals surface area contributed by atoms with E-state index in [1.807, 2.05) is 0 Å². The Bertz CT molecular complexity index is 238. The lowest BCUT2D eigenvalue weighted by molar-refractivity contribution is -0.140. The Morgan fingerprint density at radius 3 is 2.56 bits per heavy atom. The van der Waals surface area contributed by atoms with Gasteiger partial charge in [0.1, 0.15) is 6.02 Å². The van der Waals surface area contributed by atoms with Gasteiger partial charge in [0.25, 0.3) is 0 Å². The third kappa shape index (κ3) is 3.52. The lowest BCUT2D eigenvalue weighted by atomic mass is 10.3. The van der Waals surface area contributed by atoms with Crippen LogP contribution in [0.25, 0.3) is 0 Å². The van der Waals surface area contributed by atoms with Crippen molar-refractivity contribution in [1.29, 1.82) is 0 Å². The second-order valence-electron chi connectivity index (χ2n) is 1.36. The topological polar surface area (TPSA) is 66.4 Å². The van der Waals surface area contributed by atoms with Crippen LogP contribution in [0.4, 0.5) is 0 Å². The zero-order valence-corrected chi connectivity index (χ0v) is 4.76. The van der Waals surface area contributed by atoms with Crippen molar-refractivity contribution in [3.8, 4) is 0 Å². The SMILES string of the molecule is [2H]C([2H])([2H])C([2H])(NC(C)=O)C(=O)O. The third-order valence-electron chi connectivity index (χ3n) is 0.515. The molecule has 0 fully saturated rings. The highest BCUT2D eigenvalue weighted by atomic mass is 16.4. The van der Waals surface area contributed by atoms with Crippen molar-refractivity contribution in [3.63, 3.8) is 0 Å². The maximum absolute atomic E-state index is 10.5. The number of hydrogen-bond donors (Lipinski definition) is 2. The Morgan fingerprint density at radius 2 is 2.44 bits per heavy atom. The van der Waals surface area contributed by atoms with Crippen molar-refractivity contribution in [2.45, 2.75) is 19.8 Å². The van der Waals surface area contributed by atoms with Crippen LogP contribution in [0.15, 0.2) is 0 Å². The molecule has 0 spiro atoms. The summed E-state index contributed by atoms with van der Waals surface area (Å²) in [4.78, 5) is 20.9. The standard InChI is InChI=1S/C5H9NO3/c1-3(5(8)9)6-4(2)7/h3H,1-2H3,(H,6,7)(H,8,9)/i1D3,3D. The van der Waals surface area contributed by atoms with Gasteiger partial charge in [-0.25, -0.2) is 0 Å². The van der Waals surface area contributed by atoms with Crippen LogP contribution in [-0.4, -0.2) is 23.0 Å². The molecule has 4 heteroatoms. The molecule has 0 aromatic heterocycles. The fourth-order valence-corrected chi connectivity index (χ4v) is 0.229. The van der Waals surface area contributed by atoms with Crippen LogP contribution in [0, 0.1) is 0 Å². The molecule has 9 heavy (non-hydrogen) atoms. The fourth-order valence-electron chi connectivity index (χ4n) is 0.229. The molecular formula is C5H9NO3. The number of rotatable bonds is 2. The quantitative estimate of drug-likeness (QED) is 0.541. The molecule has 0 aliphatic rings. The molecule has 0 aliphatic carbocycles. The Balaban J connectivity index is 4.96. The molecule has 0 saturated heterocycles. The summed E-state index contributed by atoms with van der Waals surface area (Å²) < 4.78 is 27.3. The van der Waals surface area contributed by atoms with E-state index in [1.54, 1.807) is 5.32 Å². The predicted molar refractivity (Wildman–Crippen MR) is 30.9 cm³/mol. The average molecular weight is 135 g/mol. The molecule has 0 saturated carbocycles. The number of hydrogen-bond acceptors (Lipinski definition) is 2. The first kappa shape index (κ1) is 3.20. The van der Waals surface area contributed by atoms with E-state index < -0.39 is 24.7 Å². The zero-order chi connectivity index (χ0) is 10.9. The summed E-state index contributed by atoms with van der Waals surface area (Å²) in [5.41, 5.74) is 0. The molecule has 52 valence electrons. The summed E-state index contributed by atoms with van der Waals surface area (Å²) in [6.07, 6.45) is 0. The average Bonchev–Trinajstić information content (AvgIpc) is 1.82. The molecule has 0 bridgehead atoms. The smallest absolute Gasteiger partial charge is 0.325 e. The summed E-state index contributed by atoms with van der Waals surface area (Å²) in [5.74, 6) is -2.80. The van der Waals surface area contributed by atoms with Crippen molar-refractivity contribution in [2.75, 3.05) is 0 Å². The van der Waals surface area contributed by atoms with Crippen molar-refractivity contribution in [3.05, 3.63) is 0 Å². The van der Waals surface area contributed by atoms with Crippen LogP contribution in [-0.2, 0) is 9.59 Å². The molecule has 1 amide bonds. The summed E-state index contributed by atoms with van der Waals surface area (Å²) in [6, 6.07) is -2.97. The molecule has 1 unspecified atom stereocenters. The monoisotopic (exact) mass is 135 g/mol. The van der Waals surface area contributed by atoms with Gasteiger partial charge in [-0.3, -0.25) is 9.59 Å². The van der Waals surface area contributed by atoms with E-state index in [4.69, 9.17) is 10.6 Å². The lowest BCUT2D eigenvalue weighted by Crippen LogP contribution is -2.36. The van der Waals surface area contributed by atoms with Crippen LogP contribution in [0.2, 0.25) is 0 Å². The summed E-state index contributed by atoms with van der Waals surface area (Å²) >= 11 is 0. The van der Waals surface area contributed by atoms with E-state index in [0.717, 1.165) is 6.92 Å². The van der Waals surface area contributed by atoms with Gasteiger partial charge in [0.05, 0.1) is 1.37 Å². The Kier molecular flexibility index (Phi) is 1.09. The van der Waals surface area contributed by atoms with Crippen molar-refractivity contribution < 1.29 is 20.2 Å². The summed E-state index contributed by atoms with van der Waals surface area (Å²) in [6.45, 7) is -2.16. The number of amides is 1. The van der Waals surface area contributed by atoms with Crippen LogP contribution in [0.3, 0.4) is 0 Å². The third-order valence-corrected chi connectivity index (χ3v) is 0.515. The molecule has 2 N–H and O–H groups in total. The summed E-state index contributed by atoms with van der Waals surface area (Å²) in [7, 11) is 0. The molecule has 0 aliphatic heterocycles. The van der Waals surface area contributed by atoms with Crippen LogP contribution in [0.5, 0.6) is 0 Å². The number of aliphatic carboxylic acids is 1. The first-order valence-electron chi connectivity index (χ1n) is 4.13. The number of carboxylic acids is 1. The molecule has 1 atom stereocenters. The van der Waals surface area contributed by atoms with Gasteiger partial charge in [-0.2, -0.15) is 0 Å². The second kappa shape index (κ2) is 3.06. The largest absolute Gasteiger partial charge is 0.480 e. The van der Waals surface area contributed by atoms with Gasteiger partial charge < -0.3 is 10.4 Å². The highest BCUT2D eigenvalue weighted by Gasteiger charge is 2.09. The molecule has 0 aromatic rings. The lowest BCUT2D eigenvalue weighted by Gasteiger charge is -2.04. The van der Waals surface area contributed by atoms with Crippen molar-refractivity contribution in [2.24, 2.45) is 0 Å². The van der Waals surface area contributed by atoms with E-state index in [-0.39, 0.29) is 0 Å². The maximum atomic E-state index is 10.5. The first-order chi connectivity index (χ1) is 5.61. The second-order valence-corrected chi connectivity index (χ2v) is 1.36. The molecule has 4 nitrogen and oxygen atoms in total. The highest BCUT2D eigenvalue weighted by Crippen LogP contribution is 1.78. The number of carbonyl (C=O) groups is 2. The van der Waals surface area contributed by atoms with Crippen LogP contribution >= 0.6 is 0 Å². The fraction of sp³-hybridized carbons (Fsp3) is 0.600. The van der Waals surface area contributed by atoms with E-state index in [9.17, 15) is 9.59 Å². The molecule has 0 rings (SSSR count). The van der Waals surface area contributed by atoms with Crippen LogP contribution < -0.4 is 5.32 Å². The molecule has 0 aromatic carbocycles. The van der Waals surface area contributed by atoms with Gasteiger partial charge in [-0.05, 0) is 6.85 Å². The van der Waals surface area contributed by atoms with E-state index in [0.29, 0.717) is 0 Å². The van der Waals surface area contributed by atoms with Gasteiger partial charge >= 0.3 is 5.97 Å². The van der Waals surface area contributed by atoms with E-state index in [1.165, 1.54) is 0 Å².